The molecule has 1 saturated carbocycles. The van der Waals surface area contributed by atoms with Crippen molar-refractivity contribution in [1.82, 2.24) is 5.32 Å². The van der Waals surface area contributed by atoms with Crippen molar-refractivity contribution >= 4 is 23.1 Å². The molecule has 16 heavy (non-hydrogen) atoms. The molecule has 0 spiro atoms. The van der Waals surface area contributed by atoms with Gasteiger partial charge in [-0.05, 0) is 12.8 Å². The van der Waals surface area contributed by atoms with Gasteiger partial charge in [-0.3, -0.25) is 4.79 Å². The van der Waals surface area contributed by atoms with Crippen molar-refractivity contribution in [3.8, 4) is 0 Å². The van der Waals surface area contributed by atoms with Gasteiger partial charge in [0.15, 0.2) is 0 Å². The van der Waals surface area contributed by atoms with Crippen LogP contribution in [0.5, 0.6) is 0 Å². The fourth-order valence-electron chi connectivity index (χ4n) is 2.17. The van der Waals surface area contributed by atoms with E-state index < -0.39 is 0 Å². The van der Waals surface area contributed by atoms with Crippen molar-refractivity contribution in [2.75, 3.05) is 6.54 Å². The average molecular weight is 242 g/mol. The van der Waals surface area contributed by atoms with Crippen LogP contribution in [0.25, 0.3) is 0 Å². The maximum absolute atomic E-state index is 11.8. The molecular weight excluding hydrogens is 220 g/mol. The van der Waals surface area contributed by atoms with Crippen LogP contribution in [0.2, 0.25) is 0 Å². The third-order valence-electron chi connectivity index (χ3n) is 3.15. The average Bonchev–Trinajstić information content (AvgIpc) is 2.15. The number of thiocarbonyl (C=S) groups is 1. The molecule has 0 heterocycles. The molecule has 3 nitrogen and oxygen atoms in total. The quantitative estimate of drug-likeness (QED) is 0.743. The number of carbonyl (C=O) groups excluding carboxylic acids is 1. The van der Waals surface area contributed by atoms with Crippen molar-refractivity contribution in [2.24, 2.45) is 11.7 Å². The molecule has 0 radical (unpaired) electrons. The van der Waals surface area contributed by atoms with Crippen LogP contribution >= 0.6 is 12.2 Å². The lowest BCUT2D eigenvalue weighted by Gasteiger charge is -2.18. The minimum absolute atomic E-state index is 0.193. The van der Waals surface area contributed by atoms with Crippen LogP contribution in [0.4, 0.5) is 0 Å². The Bertz CT molecular complexity index is 235. The van der Waals surface area contributed by atoms with Gasteiger partial charge in [-0.25, -0.2) is 0 Å². The lowest BCUT2D eigenvalue weighted by atomic mass is 9.90. The minimum Gasteiger partial charge on any atom is -0.393 e. The summed E-state index contributed by atoms with van der Waals surface area (Å²) in [6.07, 6.45) is 8.94. The Morgan fingerprint density at radius 2 is 1.75 bits per heavy atom. The predicted octanol–water partition coefficient (Wildman–Crippen LogP) is 2.14. The lowest BCUT2D eigenvalue weighted by molar-refractivity contribution is -0.125. The third-order valence-corrected chi connectivity index (χ3v) is 3.35. The smallest absolute Gasteiger partial charge is 0.223 e. The number of hydrogen-bond acceptors (Lipinski definition) is 2. The Hall–Kier alpha value is -0.640. The molecular formula is C12H22N2OS. The molecule has 3 N–H and O–H groups in total. The van der Waals surface area contributed by atoms with Gasteiger partial charge in [0.2, 0.25) is 5.91 Å². The van der Waals surface area contributed by atoms with Crippen LogP contribution in [0.15, 0.2) is 0 Å². The molecule has 92 valence electrons. The van der Waals surface area contributed by atoms with Crippen LogP contribution in [0, 0.1) is 5.92 Å². The number of carbonyl (C=O) groups is 1. The normalized spacial score (nSPS) is 18.5. The zero-order chi connectivity index (χ0) is 11.8. The van der Waals surface area contributed by atoms with Crippen LogP contribution in [-0.2, 0) is 4.79 Å². The number of hydrogen-bond donors (Lipinski definition) is 2. The highest BCUT2D eigenvalue weighted by Gasteiger charge is 2.18. The molecule has 0 bridgehead atoms. The highest BCUT2D eigenvalue weighted by molar-refractivity contribution is 7.80. The van der Waals surface area contributed by atoms with E-state index in [9.17, 15) is 4.79 Å². The Balaban J connectivity index is 2.24. The summed E-state index contributed by atoms with van der Waals surface area (Å²) in [4.78, 5) is 12.3. The molecule has 0 unspecified atom stereocenters. The molecule has 1 aliphatic carbocycles. The van der Waals surface area contributed by atoms with Crippen LogP contribution < -0.4 is 11.1 Å². The van der Waals surface area contributed by atoms with E-state index in [4.69, 9.17) is 18.0 Å². The van der Waals surface area contributed by atoms with Gasteiger partial charge in [-0.2, -0.15) is 0 Å². The minimum atomic E-state index is 0.193. The van der Waals surface area contributed by atoms with Crippen LogP contribution in [0.1, 0.15) is 51.4 Å². The number of rotatable bonds is 4. The lowest BCUT2D eigenvalue weighted by Crippen LogP contribution is -2.33. The SMILES string of the molecule is NC(=S)CCNC(=O)C1CCCCCCC1. The number of nitrogens with one attached hydrogen (secondary N) is 1. The van der Waals surface area contributed by atoms with Gasteiger partial charge in [0, 0.05) is 18.9 Å². The highest BCUT2D eigenvalue weighted by Crippen LogP contribution is 2.22. The van der Waals surface area contributed by atoms with Gasteiger partial charge >= 0.3 is 0 Å². The number of nitrogens with two attached hydrogens (primary N) is 1. The monoisotopic (exact) mass is 242 g/mol. The summed E-state index contributed by atoms with van der Waals surface area (Å²) in [6, 6.07) is 0. The second-order valence-corrected chi connectivity index (χ2v) is 5.07. The van der Waals surface area contributed by atoms with E-state index in [-0.39, 0.29) is 11.8 Å². The third kappa shape index (κ3) is 5.45. The zero-order valence-electron chi connectivity index (χ0n) is 9.84. The second-order valence-electron chi connectivity index (χ2n) is 4.55. The summed E-state index contributed by atoms with van der Waals surface area (Å²) in [6.45, 7) is 0.588. The molecule has 0 atom stereocenters. The van der Waals surface area contributed by atoms with Gasteiger partial charge in [0.05, 0.1) is 4.99 Å². The van der Waals surface area contributed by atoms with Crippen molar-refractivity contribution in [2.45, 2.75) is 51.4 Å². The van der Waals surface area contributed by atoms with Crippen LogP contribution in [-0.4, -0.2) is 17.4 Å². The van der Waals surface area contributed by atoms with Crippen molar-refractivity contribution in [3.05, 3.63) is 0 Å². The van der Waals surface area contributed by atoms with E-state index in [0.717, 1.165) is 12.8 Å². The van der Waals surface area contributed by atoms with E-state index in [2.05, 4.69) is 5.32 Å². The van der Waals surface area contributed by atoms with Crippen molar-refractivity contribution < 1.29 is 4.79 Å². The summed E-state index contributed by atoms with van der Waals surface area (Å²) >= 11 is 4.77. The first-order chi connectivity index (χ1) is 7.70. The standard InChI is InChI=1S/C12H22N2OS/c13-11(16)8-9-14-12(15)10-6-4-2-1-3-5-7-10/h10H,1-9H2,(H2,13,16)(H,14,15). The summed E-state index contributed by atoms with van der Waals surface area (Å²) < 4.78 is 0. The molecule has 4 heteroatoms. The molecule has 1 aliphatic rings. The summed E-state index contributed by atoms with van der Waals surface area (Å²) in [7, 11) is 0. The first kappa shape index (κ1) is 13.4. The maximum atomic E-state index is 11.8. The molecule has 0 aromatic heterocycles. The molecule has 0 aromatic carbocycles. The summed E-state index contributed by atoms with van der Waals surface area (Å²) in [5.41, 5.74) is 5.38. The largest absolute Gasteiger partial charge is 0.393 e. The second kappa shape index (κ2) is 7.60. The van der Waals surface area contributed by atoms with Crippen molar-refractivity contribution in [3.63, 3.8) is 0 Å². The van der Waals surface area contributed by atoms with Gasteiger partial charge in [0.1, 0.15) is 0 Å². The van der Waals surface area contributed by atoms with E-state index in [1.807, 2.05) is 0 Å². The number of amides is 1. The summed E-state index contributed by atoms with van der Waals surface area (Å²) in [5.74, 6) is 0.407. The Morgan fingerprint density at radius 3 is 2.31 bits per heavy atom. The maximum Gasteiger partial charge on any atom is 0.223 e. The Morgan fingerprint density at radius 1 is 1.19 bits per heavy atom. The fraction of sp³-hybridized carbons (Fsp3) is 0.833. The van der Waals surface area contributed by atoms with Crippen molar-refractivity contribution in [1.29, 1.82) is 0 Å². The molecule has 0 aliphatic heterocycles. The highest BCUT2D eigenvalue weighted by atomic mass is 32.1. The van der Waals surface area contributed by atoms with E-state index in [1.54, 1.807) is 0 Å². The van der Waals surface area contributed by atoms with E-state index in [1.165, 1.54) is 32.1 Å². The topological polar surface area (TPSA) is 55.1 Å². The fourth-order valence-corrected chi connectivity index (χ4v) is 2.27. The first-order valence-corrected chi connectivity index (χ1v) is 6.67. The van der Waals surface area contributed by atoms with E-state index in [0.29, 0.717) is 18.0 Å². The molecule has 1 rings (SSSR count). The summed E-state index contributed by atoms with van der Waals surface area (Å²) in [5, 5.41) is 2.93. The first-order valence-electron chi connectivity index (χ1n) is 6.26. The van der Waals surface area contributed by atoms with E-state index >= 15 is 0 Å². The van der Waals surface area contributed by atoms with Gasteiger partial charge in [-0.1, -0.05) is 44.3 Å². The molecule has 0 aromatic rings. The predicted molar refractivity (Wildman–Crippen MR) is 70.2 cm³/mol. The van der Waals surface area contributed by atoms with Gasteiger partial charge < -0.3 is 11.1 Å². The molecule has 1 fully saturated rings. The molecule has 0 saturated heterocycles. The zero-order valence-corrected chi connectivity index (χ0v) is 10.7. The molecule has 1 amide bonds. The Labute approximate surface area is 103 Å². The van der Waals surface area contributed by atoms with Gasteiger partial charge in [-0.15, -0.1) is 0 Å². The Kier molecular flexibility index (Phi) is 6.38. The van der Waals surface area contributed by atoms with Gasteiger partial charge in [0.25, 0.3) is 0 Å². The van der Waals surface area contributed by atoms with Crippen LogP contribution in [0.3, 0.4) is 0 Å².